The number of ether oxygens (including phenoxy) is 2. The number of nitrogens with zero attached hydrogens (tertiary/aromatic N) is 1. The molecule has 0 unspecified atom stereocenters. The Labute approximate surface area is 175 Å². The molecule has 0 spiro atoms. The van der Waals surface area contributed by atoms with Crippen LogP contribution in [0.3, 0.4) is 0 Å². The molecule has 1 fully saturated rings. The Bertz CT molecular complexity index is 1120. The van der Waals surface area contributed by atoms with E-state index >= 15 is 0 Å². The number of amides is 2. The molecule has 2 amide bonds. The fourth-order valence-electron chi connectivity index (χ4n) is 3.98. The van der Waals surface area contributed by atoms with Crippen molar-refractivity contribution in [2.45, 2.75) is 13.3 Å². The normalized spacial score (nSPS) is 14.0. The zero-order valence-corrected chi connectivity index (χ0v) is 17.4. The fraction of sp³-hybridized carbons (Fsp3) is 0.304. The van der Waals surface area contributed by atoms with Crippen LogP contribution in [0.15, 0.2) is 36.4 Å². The Morgan fingerprint density at radius 1 is 1.10 bits per heavy atom. The molecule has 0 radical (unpaired) electrons. The summed E-state index contributed by atoms with van der Waals surface area (Å²) in [6.07, 6.45) is 0.799. The topological polar surface area (TPSA) is 83.7 Å². The smallest absolute Gasteiger partial charge is 0.254 e. The maximum Gasteiger partial charge on any atom is 0.254 e. The average Bonchev–Trinajstić information content (AvgIpc) is 3.15. The first-order chi connectivity index (χ1) is 14.5. The number of aromatic nitrogens is 1. The van der Waals surface area contributed by atoms with Crippen LogP contribution in [0.4, 0.5) is 0 Å². The highest BCUT2D eigenvalue weighted by atomic mass is 16.5. The number of H-pyrrole nitrogens is 1. The fourth-order valence-corrected chi connectivity index (χ4v) is 3.98. The number of rotatable bonds is 5. The van der Waals surface area contributed by atoms with Gasteiger partial charge < -0.3 is 24.7 Å². The van der Waals surface area contributed by atoms with Crippen LogP contribution in [0.5, 0.6) is 11.5 Å². The highest BCUT2D eigenvalue weighted by molar-refractivity contribution is 6.02. The van der Waals surface area contributed by atoms with E-state index in [1.54, 1.807) is 19.1 Å². The van der Waals surface area contributed by atoms with Crippen LogP contribution in [0.2, 0.25) is 0 Å². The highest BCUT2D eigenvalue weighted by Crippen LogP contribution is 2.36. The number of piperazine rings is 1. The lowest BCUT2D eigenvalue weighted by Gasteiger charge is -2.26. The SMILES string of the molecule is CCc1c(-c2ccc(OC)c(OC)c2)[nH]c2ccc(C(=O)N3CCNC(=O)C3)cc12. The second-order valence-corrected chi connectivity index (χ2v) is 7.24. The molecule has 0 atom stereocenters. The van der Waals surface area contributed by atoms with Crippen molar-refractivity contribution in [1.29, 1.82) is 0 Å². The van der Waals surface area contributed by atoms with Gasteiger partial charge in [-0.1, -0.05) is 6.92 Å². The van der Waals surface area contributed by atoms with Crippen LogP contribution in [-0.4, -0.2) is 55.6 Å². The van der Waals surface area contributed by atoms with E-state index in [2.05, 4.69) is 17.2 Å². The number of benzene rings is 2. The van der Waals surface area contributed by atoms with E-state index in [4.69, 9.17) is 9.47 Å². The molecule has 0 saturated carbocycles. The predicted octanol–water partition coefficient (Wildman–Crippen LogP) is 2.99. The maximum atomic E-state index is 12.9. The van der Waals surface area contributed by atoms with Gasteiger partial charge >= 0.3 is 0 Å². The number of carbonyl (C=O) groups excluding carboxylic acids is 2. The van der Waals surface area contributed by atoms with Crippen molar-refractivity contribution in [2.24, 2.45) is 0 Å². The first-order valence-corrected chi connectivity index (χ1v) is 9.98. The minimum Gasteiger partial charge on any atom is -0.493 e. The third-order valence-corrected chi connectivity index (χ3v) is 5.50. The van der Waals surface area contributed by atoms with Crippen molar-refractivity contribution in [2.75, 3.05) is 33.9 Å². The van der Waals surface area contributed by atoms with Gasteiger partial charge in [0.2, 0.25) is 5.91 Å². The first-order valence-electron chi connectivity index (χ1n) is 9.98. The molecule has 1 saturated heterocycles. The van der Waals surface area contributed by atoms with E-state index in [9.17, 15) is 9.59 Å². The average molecular weight is 407 g/mol. The van der Waals surface area contributed by atoms with Gasteiger partial charge in [-0.3, -0.25) is 9.59 Å². The molecule has 2 heterocycles. The molecule has 0 bridgehead atoms. The molecule has 1 aliphatic rings. The summed E-state index contributed by atoms with van der Waals surface area (Å²) in [5.41, 5.74) is 4.66. The van der Waals surface area contributed by atoms with Crippen LogP contribution < -0.4 is 14.8 Å². The van der Waals surface area contributed by atoms with Gasteiger partial charge in [0.15, 0.2) is 11.5 Å². The lowest BCUT2D eigenvalue weighted by atomic mass is 10.0. The van der Waals surface area contributed by atoms with Crippen molar-refractivity contribution in [3.8, 4) is 22.8 Å². The molecule has 2 N–H and O–H groups in total. The Balaban J connectivity index is 1.75. The van der Waals surface area contributed by atoms with E-state index in [0.717, 1.165) is 34.1 Å². The molecule has 7 heteroatoms. The van der Waals surface area contributed by atoms with Gasteiger partial charge in [0.05, 0.1) is 20.8 Å². The third-order valence-electron chi connectivity index (χ3n) is 5.50. The second kappa shape index (κ2) is 8.10. The summed E-state index contributed by atoms with van der Waals surface area (Å²) in [4.78, 5) is 29.7. The number of hydrogen-bond acceptors (Lipinski definition) is 4. The number of methoxy groups -OCH3 is 2. The Morgan fingerprint density at radius 3 is 2.60 bits per heavy atom. The molecular weight excluding hydrogens is 382 g/mol. The van der Waals surface area contributed by atoms with Crippen LogP contribution in [0.25, 0.3) is 22.2 Å². The Morgan fingerprint density at radius 2 is 1.90 bits per heavy atom. The minimum atomic E-state index is -0.123. The monoisotopic (exact) mass is 407 g/mol. The van der Waals surface area contributed by atoms with Gasteiger partial charge in [0.25, 0.3) is 5.91 Å². The van der Waals surface area contributed by atoms with Crippen molar-refractivity contribution >= 4 is 22.7 Å². The van der Waals surface area contributed by atoms with Gasteiger partial charge in [0.1, 0.15) is 0 Å². The summed E-state index contributed by atoms with van der Waals surface area (Å²) in [7, 11) is 3.23. The lowest BCUT2D eigenvalue weighted by Crippen LogP contribution is -2.49. The zero-order valence-electron chi connectivity index (χ0n) is 17.4. The lowest BCUT2D eigenvalue weighted by molar-refractivity contribution is -0.123. The number of nitrogens with one attached hydrogen (secondary N) is 2. The number of hydrogen-bond donors (Lipinski definition) is 2. The summed E-state index contributed by atoms with van der Waals surface area (Å²) >= 11 is 0. The van der Waals surface area contributed by atoms with Crippen molar-refractivity contribution in [3.05, 3.63) is 47.5 Å². The van der Waals surface area contributed by atoms with Gasteiger partial charge in [-0.25, -0.2) is 0 Å². The first kappa shape index (κ1) is 19.8. The number of fused-ring (bicyclic) bond motifs is 1. The summed E-state index contributed by atoms with van der Waals surface area (Å²) in [6, 6.07) is 11.5. The van der Waals surface area contributed by atoms with E-state index in [0.29, 0.717) is 30.2 Å². The molecule has 7 nitrogen and oxygen atoms in total. The Hall–Kier alpha value is -3.48. The van der Waals surface area contributed by atoms with Crippen LogP contribution in [0.1, 0.15) is 22.8 Å². The summed E-state index contributed by atoms with van der Waals surface area (Å²) in [6.45, 7) is 3.20. The predicted molar refractivity (Wildman–Crippen MR) is 115 cm³/mol. The van der Waals surface area contributed by atoms with E-state index in [1.165, 1.54) is 0 Å². The molecule has 156 valence electrons. The number of aryl methyl sites for hydroxylation is 1. The van der Waals surface area contributed by atoms with E-state index in [-0.39, 0.29) is 18.4 Å². The van der Waals surface area contributed by atoms with Crippen molar-refractivity contribution in [1.82, 2.24) is 15.2 Å². The van der Waals surface area contributed by atoms with Crippen LogP contribution in [-0.2, 0) is 11.2 Å². The van der Waals surface area contributed by atoms with E-state index in [1.807, 2.05) is 36.4 Å². The molecule has 1 aliphatic heterocycles. The van der Waals surface area contributed by atoms with Crippen molar-refractivity contribution < 1.29 is 19.1 Å². The summed E-state index contributed by atoms with van der Waals surface area (Å²) in [5, 5.41) is 3.76. The van der Waals surface area contributed by atoms with Crippen LogP contribution in [0, 0.1) is 0 Å². The quantitative estimate of drug-likeness (QED) is 0.681. The number of aromatic amines is 1. The molecule has 4 rings (SSSR count). The van der Waals surface area contributed by atoms with Crippen LogP contribution >= 0.6 is 0 Å². The van der Waals surface area contributed by atoms with Gasteiger partial charge in [-0.2, -0.15) is 0 Å². The summed E-state index contributed by atoms with van der Waals surface area (Å²) < 4.78 is 10.8. The molecule has 0 aliphatic carbocycles. The van der Waals surface area contributed by atoms with Gasteiger partial charge in [-0.15, -0.1) is 0 Å². The molecule has 1 aromatic heterocycles. The Kier molecular flexibility index (Phi) is 5.35. The minimum absolute atomic E-state index is 0.0987. The molecular formula is C23H25N3O4. The number of carbonyl (C=O) groups is 2. The molecule has 3 aromatic rings. The van der Waals surface area contributed by atoms with Gasteiger partial charge in [-0.05, 0) is 48.4 Å². The zero-order chi connectivity index (χ0) is 21.3. The van der Waals surface area contributed by atoms with E-state index < -0.39 is 0 Å². The molecule has 2 aromatic carbocycles. The second-order valence-electron chi connectivity index (χ2n) is 7.24. The standard InChI is InChI=1S/C23H25N3O4/c1-4-16-17-11-15(23(28)26-10-9-24-21(27)13-26)5-7-18(17)25-22(16)14-6-8-19(29-2)20(12-14)30-3/h5-8,11-12,25H,4,9-10,13H2,1-3H3,(H,24,27). The third kappa shape index (κ3) is 3.47. The van der Waals surface area contributed by atoms with Gasteiger partial charge in [0, 0.05) is 40.8 Å². The summed E-state index contributed by atoms with van der Waals surface area (Å²) in [5.74, 6) is 1.09. The van der Waals surface area contributed by atoms with Crippen molar-refractivity contribution in [3.63, 3.8) is 0 Å². The maximum absolute atomic E-state index is 12.9. The largest absolute Gasteiger partial charge is 0.493 e. The highest BCUT2D eigenvalue weighted by Gasteiger charge is 2.23. The molecule has 30 heavy (non-hydrogen) atoms.